The molecular weight excluding hydrogens is 244 g/mol. The summed E-state index contributed by atoms with van der Waals surface area (Å²) in [5.41, 5.74) is 7.66. The number of unbranched alkanes of at least 4 members (excludes halogenated alkanes) is 2. The molecule has 3 N–H and O–H groups in total. The largest absolute Gasteiger partial charge is 0.321 e. The van der Waals surface area contributed by atoms with Crippen LogP contribution in [-0.2, 0) is 5.54 Å². The fourth-order valence-electron chi connectivity index (χ4n) is 2.52. The van der Waals surface area contributed by atoms with E-state index >= 15 is 0 Å². The van der Waals surface area contributed by atoms with Crippen LogP contribution in [0.4, 0.5) is 0 Å². The summed E-state index contributed by atoms with van der Waals surface area (Å²) in [6.45, 7) is 10.9. The van der Waals surface area contributed by atoms with Gasteiger partial charge in [0.1, 0.15) is 0 Å². The number of hydrogen-bond donors (Lipinski definition) is 2. The van der Waals surface area contributed by atoms with Crippen molar-refractivity contribution >= 4 is 0 Å². The fourth-order valence-corrected chi connectivity index (χ4v) is 2.52. The van der Waals surface area contributed by atoms with Crippen molar-refractivity contribution in [3.8, 4) is 0 Å². The third-order valence-corrected chi connectivity index (χ3v) is 3.99. The second kappa shape index (κ2) is 7.80. The Morgan fingerprint density at radius 1 is 1.00 bits per heavy atom. The third-order valence-electron chi connectivity index (χ3n) is 3.99. The molecule has 114 valence electrons. The Hall–Kier alpha value is -0.860. The van der Waals surface area contributed by atoms with Gasteiger partial charge in [-0.15, -0.1) is 0 Å². The fraction of sp³-hybridized carbons (Fsp3) is 0.667. The zero-order valence-corrected chi connectivity index (χ0v) is 13.7. The van der Waals surface area contributed by atoms with Crippen LogP contribution in [-0.4, -0.2) is 13.1 Å². The van der Waals surface area contributed by atoms with Gasteiger partial charge < -0.3 is 11.1 Å². The molecule has 0 radical (unpaired) electrons. The van der Waals surface area contributed by atoms with Crippen LogP contribution in [0.5, 0.6) is 0 Å². The molecule has 0 aliphatic carbocycles. The summed E-state index contributed by atoms with van der Waals surface area (Å²) in [7, 11) is 0. The molecule has 0 amide bonds. The van der Waals surface area contributed by atoms with Crippen LogP contribution in [0.2, 0.25) is 0 Å². The van der Waals surface area contributed by atoms with Gasteiger partial charge in [0, 0.05) is 13.1 Å². The van der Waals surface area contributed by atoms with E-state index < -0.39 is 0 Å². The average Bonchev–Trinajstić information content (AvgIpc) is 2.39. The molecule has 0 fully saturated rings. The number of nitrogens with two attached hydrogens (primary N) is 1. The molecular formula is C18H32N2. The molecule has 1 atom stereocenters. The molecule has 0 aliphatic rings. The number of rotatable bonds is 9. The van der Waals surface area contributed by atoms with Crippen LogP contribution >= 0.6 is 0 Å². The number of nitrogens with one attached hydrogen (secondary N) is 1. The van der Waals surface area contributed by atoms with Crippen molar-refractivity contribution in [1.29, 1.82) is 0 Å². The van der Waals surface area contributed by atoms with E-state index in [2.05, 4.69) is 57.3 Å². The lowest BCUT2D eigenvalue weighted by Crippen LogP contribution is -2.45. The molecule has 1 aromatic rings. The Bertz CT molecular complexity index is 368. The summed E-state index contributed by atoms with van der Waals surface area (Å²) >= 11 is 0. The van der Waals surface area contributed by atoms with Gasteiger partial charge in [-0.05, 0) is 24.3 Å². The summed E-state index contributed by atoms with van der Waals surface area (Å²) in [6, 6.07) is 10.3. The van der Waals surface area contributed by atoms with E-state index in [4.69, 9.17) is 5.73 Å². The molecule has 0 aromatic heterocycles. The lowest BCUT2D eigenvalue weighted by atomic mass is 9.86. The predicted molar refractivity (Wildman–Crippen MR) is 88.8 cm³/mol. The highest BCUT2D eigenvalue weighted by molar-refractivity contribution is 5.23. The van der Waals surface area contributed by atoms with Gasteiger partial charge in [0.25, 0.3) is 0 Å². The first-order valence-electron chi connectivity index (χ1n) is 7.92. The smallest absolute Gasteiger partial charge is 0.0507 e. The Labute approximate surface area is 125 Å². The molecule has 0 spiro atoms. The summed E-state index contributed by atoms with van der Waals surface area (Å²) in [6.07, 6.45) is 5.23. The minimum Gasteiger partial charge on any atom is -0.321 e. The predicted octanol–water partition coefficient (Wildman–Crippen LogP) is 4.06. The first-order chi connectivity index (χ1) is 9.37. The second-order valence-corrected chi connectivity index (χ2v) is 7.01. The van der Waals surface area contributed by atoms with Gasteiger partial charge in [0.2, 0.25) is 0 Å². The summed E-state index contributed by atoms with van der Waals surface area (Å²) < 4.78 is 0. The molecule has 0 bridgehead atoms. The van der Waals surface area contributed by atoms with Crippen molar-refractivity contribution in [3.63, 3.8) is 0 Å². The van der Waals surface area contributed by atoms with E-state index in [1.165, 1.54) is 31.2 Å². The average molecular weight is 276 g/mol. The Morgan fingerprint density at radius 3 is 2.25 bits per heavy atom. The third kappa shape index (κ3) is 6.06. The monoisotopic (exact) mass is 276 g/mol. The van der Waals surface area contributed by atoms with Crippen LogP contribution in [0.15, 0.2) is 30.3 Å². The molecule has 0 saturated heterocycles. The highest BCUT2D eigenvalue weighted by atomic mass is 14.9. The molecule has 1 aromatic carbocycles. The van der Waals surface area contributed by atoms with E-state index in [1.54, 1.807) is 0 Å². The van der Waals surface area contributed by atoms with Crippen molar-refractivity contribution < 1.29 is 0 Å². The molecule has 2 heteroatoms. The van der Waals surface area contributed by atoms with E-state index in [-0.39, 0.29) is 5.54 Å². The topological polar surface area (TPSA) is 38.0 Å². The first kappa shape index (κ1) is 17.2. The Morgan fingerprint density at radius 2 is 1.65 bits per heavy atom. The van der Waals surface area contributed by atoms with Gasteiger partial charge in [-0.2, -0.15) is 0 Å². The number of hydrogen-bond acceptors (Lipinski definition) is 2. The minimum absolute atomic E-state index is 0.305. The summed E-state index contributed by atoms with van der Waals surface area (Å²) in [5.74, 6) is 0. The zero-order valence-electron chi connectivity index (χ0n) is 13.7. The maximum absolute atomic E-state index is 6.43. The van der Waals surface area contributed by atoms with Crippen LogP contribution in [0.25, 0.3) is 0 Å². The molecule has 0 aliphatic heterocycles. The maximum atomic E-state index is 6.43. The van der Waals surface area contributed by atoms with Crippen molar-refractivity contribution in [1.82, 2.24) is 5.32 Å². The van der Waals surface area contributed by atoms with Gasteiger partial charge in [-0.1, -0.05) is 70.4 Å². The van der Waals surface area contributed by atoms with Crippen molar-refractivity contribution in [2.75, 3.05) is 13.1 Å². The van der Waals surface area contributed by atoms with E-state index in [0.29, 0.717) is 5.41 Å². The Balaban J connectivity index is 2.39. The standard InChI is InChI=1S/C18H32N2/c1-5-6-10-13-17(2,3)14-20-15-18(4,19)16-11-8-7-9-12-16/h7-9,11-12,20H,5-6,10,13-15,19H2,1-4H3. The summed E-state index contributed by atoms with van der Waals surface area (Å²) in [5, 5.41) is 3.57. The van der Waals surface area contributed by atoms with Gasteiger partial charge in [-0.3, -0.25) is 0 Å². The lowest BCUT2D eigenvalue weighted by Gasteiger charge is -2.30. The molecule has 1 rings (SSSR count). The van der Waals surface area contributed by atoms with Crippen molar-refractivity contribution in [3.05, 3.63) is 35.9 Å². The molecule has 20 heavy (non-hydrogen) atoms. The van der Waals surface area contributed by atoms with Crippen molar-refractivity contribution in [2.24, 2.45) is 11.1 Å². The van der Waals surface area contributed by atoms with Crippen LogP contribution in [0, 0.1) is 5.41 Å². The highest BCUT2D eigenvalue weighted by Crippen LogP contribution is 2.23. The maximum Gasteiger partial charge on any atom is 0.0507 e. The van der Waals surface area contributed by atoms with E-state index in [0.717, 1.165) is 13.1 Å². The highest BCUT2D eigenvalue weighted by Gasteiger charge is 2.22. The molecule has 0 heterocycles. The van der Waals surface area contributed by atoms with Gasteiger partial charge in [-0.25, -0.2) is 0 Å². The van der Waals surface area contributed by atoms with Crippen molar-refractivity contribution in [2.45, 2.75) is 58.9 Å². The molecule has 0 saturated carbocycles. The second-order valence-electron chi connectivity index (χ2n) is 7.01. The minimum atomic E-state index is -0.305. The normalized spacial score (nSPS) is 15.1. The van der Waals surface area contributed by atoms with Crippen LogP contribution in [0.3, 0.4) is 0 Å². The Kier molecular flexibility index (Phi) is 6.70. The van der Waals surface area contributed by atoms with Crippen LogP contribution in [0.1, 0.15) is 58.9 Å². The lowest BCUT2D eigenvalue weighted by molar-refractivity contribution is 0.289. The molecule has 2 nitrogen and oxygen atoms in total. The quantitative estimate of drug-likeness (QED) is 0.668. The SMILES string of the molecule is CCCCCC(C)(C)CNCC(C)(N)c1ccccc1. The zero-order chi connectivity index (χ0) is 15.1. The van der Waals surface area contributed by atoms with Gasteiger partial charge >= 0.3 is 0 Å². The summed E-state index contributed by atoms with van der Waals surface area (Å²) in [4.78, 5) is 0. The van der Waals surface area contributed by atoms with Crippen LogP contribution < -0.4 is 11.1 Å². The van der Waals surface area contributed by atoms with Gasteiger partial charge in [0.05, 0.1) is 5.54 Å². The van der Waals surface area contributed by atoms with E-state index in [1.807, 2.05) is 6.07 Å². The van der Waals surface area contributed by atoms with Gasteiger partial charge in [0.15, 0.2) is 0 Å². The molecule has 1 unspecified atom stereocenters. The number of benzene rings is 1. The first-order valence-corrected chi connectivity index (χ1v) is 7.92. The van der Waals surface area contributed by atoms with E-state index in [9.17, 15) is 0 Å².